The van der Waals surface area contributed by atoms with Crippen LogP contribution in [0.1, 0.15) is 18.9 Å². The zero-order valence-electron chi connectivity index (χ0n) is 10.4. The standard InChI is InChI=1S/C11H12FNO6S/c1-2-10(11(14)15)20(18,19)6-7-5-8(12)3-4-9(7)13(16)17/h3-5,10H,2,6H2,1H3,(H,14,15). The molecule has 9 heteroatoms. The molecule has 0 saturated heterocycles. The van der Waals surface area contributed by atoms with Crippen LogP contribution >= 0.6 is 0 Å². The number of nitrogens with zero attached hydrogens (tertiary/aromatic N) is 1. The average Bonchev–Trinajstić information content (AvgIpc) is 2.27. The maximum atomic E-state index is 13.1. The molecular weight excluding hydrogens is 293 g/mol. The van der Waals surface area contributed by atoms with Crippen LogP contribution in [-0.4, -0.2) is 29.7 Å². The Balaban J connectivity index is 3.24. The van der Waals surface area contributed by atoms with Crippen molar-refractivity contribution in [3.8, 4) is 0 Å². The second-order valence-corrected chi connectivity index (χ2v) is 6.26. The average molecular weight is 305 g/mol. The van der Waals surface area contributed by atoms with E-state index in [1.807, 2.05) is 0 Å². The summed E-state index contributed by atoms with van der Waals surface area (Å²) >= 11 is 0. The molecule has 0 amide bonds. The normalized spacial score (nSPS) is 12.9. The van der Waals surface area contributed by atoms with Gasteiger partial charge in [0.1, 0.15) is 5.82 Å². The zero-order valence-corrected chi connectivity index (χ0v) is 11.3. The Morgan fingerprint density at radius 1 is 1.50 bits per heavy atom. The molecule has 0 aliphatic carbocycles. The molecule has 0 saturated carbocycles. The third-order valence-electron chi connectivity index (χ3n) is 2.67. The van der Waals surface area contributed by atoms with Gasteiger partial charge in [0.25, 0.3) is 5.69 Å². The fourth-order valence-electron chi connectivity index (χ4n) is 1.75. The number of rotatable bonds is 6. The highest BCUT2D eigenvalue weighted by molar-refractivity contribution is 7.92. The lowest BCUT2D eigenvalue weighted by Gasteiger charge is -2.11. The lowest BCUT2D eigenvalue weighted by atomic mass is 10.2. The molecule has 1 N–H and O–H groups in total. The van der Waals surface area contributed by atoms with Crippen LogP contribution < -0.4 is 0 Å². The van der Waals surface area contributed by atoms with E-state index in [4.69, 9.17) is 5.11 Å². The van der Waals surface area contributed by atoms with E-state index in [0.717, 1.165) is 18.2 Å². The molecule has 1 unspecified atom stereocenters. The van der Waals surface area contributed by atoms with Gasteiger partial charge in [-0.3, -0.25) is 14.9 Å². The lowest BCUT2D eigenvalue weighted by Crippen LogP contribution is -2.30. The molecule has 0 aliphatic heterocycles. The molecule has 0 spiro atoms. The van der Waals surface area contributed by atoms with Gasteiger partial charge >= 0.3 is 5.97 Å². The highest BCUT2D eigenvalue weighted by Crippen LogP contribution is 2.24. The van der Waals surface area contributed by atoms with Crippen molar-refractivity contribution >= 4 is 21.5 Å². The number of carbonyl (C=O) groups is 1. The Hall–Kier alpha value is -2.03. The molecular formula is C11H12FNO6S. The first-order valence-electron chi connectivity index (χ1n) is 5.56. The number of nitro groups is 1. The van der Waals surface area contributed by atoms with E-state index >= 15 is 0 Å². The van der Waals surface area contributed by atoms with Crippen LogP contribution in [0.4, 0.5) is 10.1 Å². The Bertz CT molecular complexity index is 642. The summed E-state index contributed by atoms with van der Waals surface area (Å²) in [5.41, 5.74) is -0.926. The molecule has 0 radical (unpaired) electrons. The number of halogens is 1. The van der Waals surface area contributed by atoms with E-state index in [9.17, 15) is 27.7 Å². The highest BCUT2D eigenvalue weighted by Gasteiger charge is 2.32. The van der Waals surface area contributed by atoms with Crippen LogP contribution in [0, 0.1) is 15.9 Å². The van der Waals surface area contributed by atoms with Gasteiger partial charge in [0.2, 0.25) is 0 Å². The van der Waals surface area contributed by atoms with Crippen molar-refractivity contribution in [2.45, 2.75) is 24.3 Å². The summed E-state index contributed by atoms with van der Waals surface area (Å²) in [6.07, 6.45) is -0.180. The first kappa shape index (κ1) is 16.0. The zero-order chi connectivity index (χ0) is 15.5. The van der Waals surface area contributed by atoms with Gasteiger partial charge in [0.05, 0.1) is 10.7 Å². The number of nitro benzene ring substituents is 1. The molecule has 0 aliphatic rings. The largest absolute Gasteiger partial charge is 0.480 e. The van der Waals surface area contributed by atoms with Crippen LogP contribution in [-0.2, 0) is 20.4 Å². The molecule has 0 bridgehead atoms. The lowest BCUT2D eigenvalue weighted by molar-refractivity contribution is -0.385. The summed E-state index contributed by atoms with van der Waals surface area (Å²) in [7, 11) is -4.17. The minimum Gasteiger partial charge on any atom is -0.480 e. The predicted octanol–water partition coefficient (Wildman–Crippen LogP) is 1.51. The molecule has 1 aromatic rings. The molecule has 110 valence electrons. The summed E-state index contributed by atoms with van der Waals surface area (Å²) in [6, 6.07) is 2.41. The molecule has 7 nitrogen and oxygen atoms in total. The van der Waals surface area contributed by atoms with E-state index in [0.29, 0.717) is 0 Å². The quantitative estimate of drug-likeness (QED) is 0.629. The van der Waals surface area contributed by atoms with Crippen LogP contribution in [0.15, 0.2) is 18.2 Å². The van der Waals surface area contributed by atoms with Crippen LogP contribution in [0.5, 0.6) is 0 Å². The summed E-state index contributed by atoms with van der Waals surface area (Å²) in [5.74, 6) is -3.26. The third-order valence-corrected chi connectivity index (χ3v) is 4.79. The second-order valence-electron chi connectivity index (χ2n) is 4.07. The predicted molar refractivity (Wildman–Crippen MR) is 67.4 cm³/mol. The first-order valence-corrected chi connectivity index (χ1v) is 7.27. The summed E-state index contributed by atoms with van der Waals surface area (Å²) in [6.45, 7) is 1.37. The number of carboxylic acids is 1. The molecule has 0 aromatic heterocycles. The molecule has 1 aromatic carbocycles. The first-order chi connectivity index (χ1) is 9.19. The van der Waals surface area contributed by atoms with Crippen LogP contribution in [0.25, 0.3) is 0 Å². The number of sulfone groups is 1. The van der Waals surface area contributed by atoms with Gasteiger partial charge in [-0.1, -0.05) is 6.92 Å². The van der Waals surface area contributed by atoms with Gasteiger partial charge in [-0.25, -0.2) is 12.8 Å². The Kier molecular flexibility index (Phi) is 4.77. The van der Waals surface area contributed by atoms with Gasteiger partial charge in [-0.15, -0.1) is 0 Å². The molecule has 0 heterocycles. The van der Waals surface area contributed by atoms with Gasteiger partial charge in [-0.2, -0.15) is 0 Å². The number of benzene rings is 1. The van der Waals surface area contributed by atoms with Crippen molar-refractivity contribution in [2.75, 3.05) is 0 Å². The van der Waals surface area contributed by atoms with E-state index in [-0.39, 0.29) is 12.0 Å². The topological polar surface area (TPSA) is 115 Å². The fourth-order valence-corrected chi connectivity index (χ4v) is 3.43. The van der Waals surface area contributed by atoms with E-state index in [2.05, 4.69) is 0 Å². The van der Waals surface area contributed by atoms with Crippen molar-refractivity contribution in [3.05, 3.63) is 39.7 Å². The number of carboxylic acid groups (broad SMARTS) is 1. The molecule has 0 fully saturated rings. The fraction of sp³-hybridized carbons (Fsp3) is 0.364. The number of hydrogen-bond donors (Lipinski definition) is 1. The van der Waals surface area contributed by atoms with Gasteiger partial charge in [0, 0.05) is 11.6 Å². The van der Waals surface area contributed by atoms with Gasteiger partial charge in [-0.05, 0) is 18.6 Å². The Morgan fingerprint density at radius 3 is 2.55 bits per heavy atom. The monoisotopic (exact) mass is 305 g/mol. The number of aliphatic carboxylic acids is 1. The molecule has 1 rings (SSSR count). The Morgan fingerprint density at radius 2 is 2.10 bits per heavy atom. The van der Waals surface area contributed by atoms with Crippen LogP contribution in [0.2, 0.25) is 0 Å². The minimum atomic E-state index is -4.17. The SMILES string of the molecule is CCC(C(=O)O)S(=O)(=O)Cc1cc(F)ccc1[N+](=O)[O-]. The van der Waals surface area contributed by atoms with Gasteiger partial charge in [0.15, 0.2) is 15.1 Å². The minimum absolute atomic E-state index is 0.180. The summed E-state index contributed by atoms with van der Waals surface area (Å²) in [4.78, 5) is 20.8. The van der Waals surface area contributed by atoms with Crippen molar-refractivity contribution in [1.29, 1.82) is 0 Å². The second kappa shape index (κ2) is 5.95. The van der Waals surface area contributed by atoms with Gasteiger partial charge < -0.3 is 5.11 Å². The van der Waals surface area contributed by atoms with Crippen LogP contribution in [0.3, 0.4) is 0 Å². The van der Waals surface area contributed by atoms with E-state index in [1.165, 1.54) is 6.92 Å². The molecule has 1 atom stereocenters. The smallest absolute Gasteiger partial charge is 0.321 e. The summed E-state index contributed by atoms with van der Waals surface area (Å²) in [5, 5.41) is 17.9. The van der Waals surface area contributed by atoms with Crippen molar-refractivity contribution < 1.29 is 27.6 Å². The van der Waals surface area contributed by atoms with E-state index in [1.54, 1.807) is 0 Å². The van der Waals surface area contributed by atoms with Crippen molar-refractivity contribution in [3.63, 3.8) is 0 Å². The van der Waals surface area contributed by atoms with Crippen molar-refractivity contribution in [1.82, 2.24) is 0 Å². The number of hydrogen-bond acceptors (Lipinski definition) is 5. The highest BCUT2D eigenvalue weighted by atomic mass is 32.2. The molecule has 20 heavy (non-hydrogen) atoms. The maximum Gasteiger partial charge on any atom is 0.321 e. The maximum absolute atomic E-state index is 13.1. The summed E-state index contributed by atoms with van der Waals surface area (Å²) < 4.78 is 37.0. The third kappa shape index (κ3) is 3.50. The van der Waals surface area contributed by atoms with E-state index < -0.39 is 43.2 Å². The Labute approximate surface area is 114 Å². The van der Waals surface area contributed by atoms with Crippen molar-refractivity contribution in [2.24, 2.45) is 0 Å².